The van der Waals surface area contributed by atoms with Crippen molar-refractivity contribution in [2.24, 2.45) is 0 Å². The highest BCUT2D eigenvalue weighted by atomic mass is 32.1. The molecule has 2 aromatic carbocycles. The quantitative estimate of drug-likeness (QED) is 0.424. The molecule has 8 heteroatoms. The summed E-state index contributed by atoms with van der Waals surface area (Å²) < 4.78 is 13.3. The Hall–Kier alpha value is -3.07. The number of amides is 2. The van der Waals surface area contributed by atoms with E-state index in [1.165, 1.54) is 28.2 Å². The van der Waals surface area contributed by atoms with Crippen LogP contribution in [0.4, 0.5) is 4.39 Å². The number of thiophene rings is 1. The van der Waals surface area contributed by atoms with Crippen molar-refractivity contribution in [3.8, 4) is 0 Å². The Kier molecular flexibility index (Phi) is 8.28. The number of aliphatic hydroxyl groups excluding tert-OH is 2. The molecule has 0 unspecified atom stereocenters. The molecule has 1 fully saturated rings. The fourth-order valence-electron chi connectivity index (χ4n) is 4.41. The Morgan fingerprint density at radius 2 is 1.80 bits per heavy atom. The summed E-state index contributed by atoms with van der Waals surface area (Å²) in [5.41, 5.74) is 3.18. The van der Waals surface area contributed by atoms with Crippen molar-refractivity contribution in [1.82, 2.24) is 10.2 Å². The van der Waals surface area contributed by atoms with Gasteiger partial charge in [0.2, 0.25) is 0 Å². The van der Waals surface area contributed by atoms with Crippen molar-refractivity contribution in [3.05, 3.63) is 93.4 Å². The lowest BCUT2D eigenvalue weighted by Gasteiger charge is -2.28. The average molecular weight is 497 g/mol. The van der Waals surface area contributed by atoms with Crippen LogP contribution in [0.1, 0.15) is 40.5 Å². The number of nitrogens with one attached hydrogen (secondary N) is 1. The van der Waals surface area contributed by atoms with Gasteiger partial charge >= 0.3 is 0 Å². The first-order valence-corrected chi connectivity index (χ1v) is 12.6. The van der Waals surface area contributed by atoms with Gasteiger partial charge in [0.25, 0.3) is 11.8 Å². The third kappa shape index (κ3) is 6.33. The third-order valence-corrected chi connectivity index (χ3v) is 7.29. The monoisotopic (exact) mass is 496 g/mol. The van der Waals surface area contributed by atoms with Gasteiger partial charge in [0, 0.05) is 18.0 Å². The number of likely N-dealkylation sites (tertiary alicyclic amines) is 1. The van der Waals surface area contributed by atoms with Gasteiger partial charge in [0.15, 0.2) is 12.2 Å². The highest BCUT2D eigenvalue weighted by Gasteiger charge is 2.38. The Morgan fingerprint density at radius 3 is 2.54 bits per heavy atom. The zero-order chi connectivity index (χ0) is 24.8. The maximum atomic E-state index is 13.3. The molecule has 4 rings (SSSR count). The van der Waals surface area contributed by atoms with Gasteiger partial charge in [0.05, 0.1) is 6.04 Å². The largest absolute Gasteiger partial charge is 0.380 e. The number of nitrogens with zero attached hydrogens (tertiary/aromatic N) is 1. The SMILES string of the molecule is O=C(NCCc1cc(Cc2ccccc2)cs1)[C@H](O)[C@@H](O)C(=O)N1CCC[C@@H]1c1ccc(F)cc1. The van der Waals surface area contributed by atoms with Crippen LogP contribution >= 0.6 is 11.3 Å². The fraction of sp³-hybridized carbons (Fsp3) is 0.333. The molecule has 3 atom stereocenters. The molecule has 0 saturated carbocycles. The number of halogens is 1. The third-order valence-electron chi connectivity index (χ3n) is 6.24. The highest BCUT2D eigenvalue weighted by Crippen LogP contribution is 2.32. The molecule has 0 radical (unpaired) electrons. The Morgan fingerprint density at radius 1 is 1.06 bits per heavy atom. The minimum Gasteiger partial charge on any atom is -0.380 e. The molecular weight excluding hydrogens is 467 g/mol. The molecule has 6 nitrogen and oxygen atoms in total. The van der Waals surface area contributed by atoms with Crippen LogP contribution in [-0.2, 0) is 22.4 Å². The van der Waals surface area contributed by atoms with Gasteiger partial charge in [-0.15, -0.1) is 11.3 Å². The van der Waals surface area contributed by atoms with Gasteiger partial charge < -0.3 is 20.4 Å². The van der Waals surface area contributed by atoms with Gasteiger partial charge in [-0.3, -0.25) is 9.59 Å². The van der Waals surface area contributed by atoms with E-state index >= 15 is 0 Å². The molecule has 0 spiro atoms. The smallest absolute Gasteiger partial charge is 0.255 e. The topological polar surface area (TPSA) is 89.9 Å². The minimum absolute atomic E-state index is 0.282. The van der Waals surface area contributed by atoms with E-state index in [2.05, 4.69) is 28.9 Å². The number of benzene rings is 2. The Balaban J connectivity index is 1.26. The zero-order valence-corrected chi connectivity index (χ0v) is 20.1. The Labute approximate surface area is 208 Å². The molecule has 1 saturated heterocycles. The Bertz CT molecular complexity index is 1140. The van der Waals surface area contributed by atoms with Crippen LogP contribution in [0.5, 0.6) is 0 Å². The lowest BCUT2D eigenvalue weighted by molar-refractivity contribution is -0.153. The first-order valence-electron chi connectivity index (χ1n) is 11.7. The second-order valence-electron chi connectivity index (χ2n) is 8.76. The van der Waals surface area contributed by atoms with E-state index in [1.807, 2.05) is 18.2 Å². The summed E-state index contributed by atoms with van der Waals surface area (Å²) >= 11 is 1.61. The first-order chi connectivity index (χ1) is 16.9. The summed E-state index contributed by atoms with van der Waals surface area (Å²) in [7, 11) is 0. The van der Waals surface area contributed by atoms with Gasteiger partial charge in [-0.2, -0.15) is 0 Å². The molecule has 0 aliphatic carbocycles. The molecule has 1 aromatic heterocycles. The average Bonchev–Trinajstić information content (AvgIpc) is 3.53. The van der Waals surface area contributed by atoms with Crippen molar-refractivity contribution in [3.63, 3.8) is 0 Å². The van der Waals surface area contributed by atoms with Crippen molar-refractivity contribution in [2.75, 3.05) is 13.1 Å². The summed E-state index contributed by atoms with van der Waals surface area (Å²) in [5, 5.41) is 25.4. The summed E-state index contributed by atoms with van der Waals surface area (Å²) in [6.07, 6.45) is -0.924. The van der Waals surface area contributed by atoms with Gasteiger partial charge in [0.1, 0.15) is 5.82 Å². The second-order valence-corrected chi connectivity index (χ2v) is 9.75. The van der Waals surface area contributed by atoms with Crippen LogP contribution in [-0.4, -0.2) is 52.2 Å². The number of hydrogen-bond acceptors (Lipinski definition) is 5. The van der Waals surface area contributed by atoms with Crippen molar-refractivity contribution >= 4 is 23.2 Å². The number of hydrogen-bond donors (Lipinski definition) is 3. The van der Waals surface area contributed by atoms with Crippen molar-refractivity contribution < 1.29 is 24.2 Å². The van der Waals surface area contributed by atoms with Crippen molar-refractivity contribution in [1.29, 1.82) is 0 Å². The van der Waals surface area contributed by atoms with Gasteiger partial charge in [-0.05, 0) is 66.0 Å². The van der Waals surface area contributed by atoms with Crippen LogP contribution in [0.15, 0.2) is 66.0 Å². The van der Waals surface area contributed by atoms with Gasteiger partial charge in [-0.25, -0.2) is 4.39 Å². The van der Waals surface area contributed by atoms with E-state index in [0.29, 0.717) is 19.4 Å². The van der Waals surface area contributed by atoms with E-state index in [0.717, 1.165) is 23.3 Å². The molecule has 1 aliphatic rings. The fourth-order valence-corrected chi connectivity index (χ4v) is 5.30. The predicted octanol–water partition coefficient (Wildman–Crippen LogP) is 3.22. The van der Waals surface area contributed by atoms with E-state index in [-0.39, 0.29) is 18.4 Å². The standard InChI is InChI=1S/C27H29FN2O4S/c28-21-10-8-20(9-11-21)23-7-4-14-30(23)27(34)25(32)24(31)26(33)29-13-12-22-16-19(17-35-22)15-18-5-2-1-3-6-18/h1-3,5-6,8-11,16-17,23-25,31-32H,4,7,12-15H2,(H,29,33)/t23-,24-,25-/m1/s1. The summed E-state index contributed by atoms with van der Waals surface area (Å²) in [6, 6.07) is 17.8. The zero-order valence-electron chi connectivity index (χ0n) is 19.3. The van der Waals surface area contributed by atoms with Crippen LogP contribution in [0, 0.1) is 5.82 Å². The molecule has 2 heterocycles. The summed E-state index contributed by atoms with van der Waals surface area (Å²) in [5.74, 6) is -1.86. The molecule has 2 amide bonds. The lowest BCUT2D eigenvalue weighted by atomic mass is 10.0. The summed E-state index contributed by atoms with van der Waals surface area (Å²) in [4.78, 5) is 27.8. The second kappa shape index (κ2) is 11.6. The van der Waals surface area contributed by atoms with Crippen LogP contribution in [0.3, 0.4) is 0 Å². The van der Waals surface area contributed by atoms with Crippen LogP contribution in [0.2, 0.25) is 0 Å². The highest BCUT2D eigenvalue weighted by molar-refractivity contribution is 7.10. The maximum absolute atomic E-state index is 13.3. The number of carbonyl (C=O) groups excluding carboxylic acids is 2. The summed E-state index contributed by atoms with van der Waals surface area (Å²) in [6.45, 7) is 0.681. The minimum atomic E-state index is -1.87. The molecular formula is C27H29FN2O4S. The van der Waals surface area contributed by atoms with E-state index in [9.17, 15) is 24.2 Å². The predicted molar refractivity (Wildman–Crippen MR) is 132 cm³/mol. The molecule has 3 N–H and O–H groups in total. The number of aliphatic hydroxyl groups is 2. The normalized spacial score (nSPS) is 17.2. The van der Waals surface area contributed by atoms with Crippen LogP contribution in [0.25, 0.3) is 0 Å². The molecule has 184 valence electrons. The molecule has 35 heavy (non-hydrogen) atoms. The van der Waals surface area contributed by atoms with E-state index < -0.39 is 24.0 Å². The number of rotatable bonds is 9. The lowest BCUT2D eigenvalue weighted by Crippen LogP contribution is -2.50. The van der Waals surface area contributed by atoms with Crippen LogP contribution < -0.4 is 5.32 Å². The van der Waals surface area contributed by atoms with Crippen molar-refractivity contribution in [2.45, 2.75) is 43.9 Å². The first kappa shape index (κ1) is 25.0. The molecule has 0 bridgehead atoms. The van der Waals surface area contributed by atoms with E-state index in [1.54, 1.807) is 23.5 Å². The number of carbonyl (C=O) groups is 2. The molecule has 3 aromatic rings. The van der Waals surface area contributed by atoms with E-state index in [4.69, 9.17) is 0 Å². The molecule has 1 aliphatic heterocycles. The maximum Gasteiger partial charge on any atom is 0.255 e. The van der Waals surface area contributed by atoms with Gasteiger partial charge in [-0.1, -0.05) is 42.5 Å².